The molecular formula is C34H34N2O3S. The van der Waals surface area contributed by atoms with Gasteiger partial charge in [0, 0.05) is 53.2 Å². The number of pyridine rings is 1. The molecule has 4 bridgehead atoms. The van der Waals surface area contributed by atoms with Crippen LogP contribution < -0.4 is 4.57 Å². The summed E-state index contributed by atoms with van der Waals surface area (Å²) in [6.45, 7) is 1.82. The van der Waals surface area contributed by atoms with Crippen LogP contribution in [0.2, 0.25) is 0 Å². The minimum atomic E-state index is -4.27. The maximum absolute atomic E-state index is 10.4. The van der Waals surface area contributed by atoms with E-state index in [1.54, 1.807) is 12.1 Å². The Balaban J connectivity index is 0.000000205. The van der Waals surface area contributed by atoms with Gasteiger partial charge in [0.2, 0.25) is 0 Å². The predicted molar refractivity (Wildman–Crippen MR) is 157 cm³/mol. The van der Waals surface area contributed by atoms with Crippen molar-refractivity contribution >= 4 is 31.9 Å². The molecule has 6 heteroatoms. The third kappa shape index (κ3) is 4.53. The summed E-state index contributed by atoms with van der Waals surface area (Å²) in [6.07, 6.45) is 13.5. The van der Waals surface area contributed by atoms with Gasteiger partial charge in [0.25, 0.3) is 0 Å². The molecule has 40 heavy (non-hydrogen) atoms. The van der Waals surface area contributed by atoms with Crippen molar-refractivity contribution in [2.75, 3.05) is 0 Å². The van der Waals surface area contributed by atoms with Crippen molar-refractivity contribution in [3.63, 3.8) is 0 Å². The third-order valence-corrected chi connectivity index (χ3v) is 10.4. The van der Waals surface area contributed by atoms with Gasteiger partial charge < -0.3 is 9.54 Å². The number of aromatic amines is 1. The van der Waals surface area contributed by atoms with Crippen LogP contribution in [0, 0.1) is 24.7 Å². The first-order valence-electron chi connectivity index (χ1n) is 14.3. The van der Waals surface area contributed by atoms with E-state index < -0.39 is 10.1 Å². The van der Waals surface area contributed by atoms with Crippen molar-refractivity contribution in [2.24, 2.45) is 17.8 Å². The second kappa shape index (κ2) is 9.57. The second-order valence-electron chi connectivity index (χ2n) is 12.3. The lowest BCUT2D eigenvalue weighted by atomic mass is 9.53. The zero-order chi connectivity index (χ0) is 27.5. The summed E-state index contributed by atoms with van der Waals surface area (Å²) < 4.78 is 33.8. The Morgan fingerprint density at radius 1 is 0.775 bits per heavy atom. The SMILES string of the molecule is Cc1ccc(S(=O)(=O)[O-])cc1.c1ccc2c(c1)[nH]c1c(-c3cc[n+](C45CC6CC(CC(C6)C4)C5)cc3)cccc12. The summed E-state index contributed by atoms with van der Waals surface area (Å²) in [6, 6.07) is 25.8. The van der Waals surface area contributed by atoms with Crippen LogP contribution in [0.4, 0.5) is 0 Å². The van der Waals surface area contributed by atoms with Crippen LogP contribution in [0.25, 0.3) is 32.9 Å². The molecule has 9 rings (SSSR count). The molecule has 0 spiro atoms. The average Bonchev–Trinajstić information content (AvgIpc) is 3.32. The molecule has 5 nitrogen and oxygen atoms in total. The van der Waals surface area contributed by atoms with E-state index in [4.69, 9.17) is 0 Å². The average molecular weight is 551 g/mol. The predicted octanol–water partition coefficient (Wildman–Crippen LogP) is 7.10. The lowest BCUT2D eigenvalue weighted by molar-refractivity contribution is -0.776. The number of fused-ring (bicyclic) bond motifs is 3. The van der Waals surface area contributed by atoms with Crippen molar-refractivity contribution in [3.8, 4) is 11.1 Å². The molecule has 2 aromatic heterocycles. The van der Waals surface area contributed by atoms with Crippen molar-refractivity contribution in [1.29, 1.82) is 0 Å². The van der Waals surface area contributed by atoms with E-state index in [-0.39, 0.29) is 4.90 Å². The normalized spacial score (nSPS) is 25.2. The summed E-state index contributed by atoms with van der Waals surface area (Å²) in [5.74, 6) is 2.94. The van der Waals surface area contributed by atoms with E-state index in [1.165, 1.54) is 83.6 Å². The van der Waals surface area contributed by atoms with Gasteiger partial charge in [-0.1, -0.05) is 54.1 Å². The van der Waals surface area contributed by atoms with Crippen LogP contribution in [0.1, 0.15) is 44.1 Å². The zero-order valence-electron chi connectivity index (χ0n) is 22.7. The van der Waals surface area contributed by atoms with E-state index in [1.807, 2.05) is 6.92 Å². The first-order chi connectivity index (χ1) is 19.3. The Morgan fingerprint density at radius 2 is 1.38 bits per heavy atom. The molecule has 4 fully saturated rings. The summed E-state index contributed by atoms with van der Waals surface area (Å²) in [5.41, 5.74) is 6.41. The lowest BCUT2D eigenvalue weighted by Gasteiger charge is -2.53. The Morgan fingerprint density at radius 3 is 2.00 bits per heavy atom. The Hall–Kier alpha value is -3.48. The largest absolute Gasteiger partial charge is 0.744 e. The smallest absolute Gasteiger partial charge is 0.169 e. The number of aromatic nitrogens is 2. The topological polar surface area (TPSA) is 76.9 Å². The summed E-state index contributed by atoms with van der Waals surface area (Å²) >= 11 is 0. The number of rotatable bonds is 3. The molecule has 0 atom stereocenters. The van der Waals surface area contributed by atoms with Crippen molar-refractivity contribution in [3.05, 3.63) is 96.8 Å². The molecule has 0 amide bonds. The molecule has 0 radical (unpaired) electrons. The molecule has 4 aliphatic carbocycles. The van der Waals surface area contributed by atoms with E-state index in [9.17, 15) is 13.0 Å². The van der Waals surface area contributed by atoms with Crippen molar-refractivity contribution in [1.82, 2.24) is 4.98 Å². The fraction of sp³-hybridized carbons (Fsp3) is 0.324. The molecule has 4 saturated carbocycles. The molecule has 0 aliphatic heterocycles. The van der Waals surface area contributed by atoms with Gasteiger partial charge in [0.1, 0.15) is 10.1 Å². The number of benzene rings is 3. The van der Waals surface area contributed by atoms with Gasteiger partial charge >= 0.3 is 0 Å². The molecule has 204 valence electrons. The van der Waals surface area contributed by atoms with Gasteiger partial charge in [0.15, 0.2) is 17.9 Å². The molecular weight excluding hydrogens is 516 g/mol. The van der Waals surface area contributed by atoms with E-state index >= 15 is 0 Å². The van der Waals surface area contributed by atoms with E-state index in [0.29, 0.717) is 5.54 Å². The van der Waals surface area contributed by atoms with Gasteiger partial charge in [-0.05, 0) is 67.7 Å². The van der Waals surface area contributed by atoms with Crippen LogP contribution in [0.3, 0.4) is 0 Å². The molecule has 4 aliphatic rings. The van der Waals surface area contributed by atoms with Crippen LogP contribution in [0.15, 0.2) is 96.2 Å². The summed E-state index contributed by atoms with van der Waals surface area (Å²) in [5, 5.41) is 2.62. The fourth-order valence-electron chi connectivity index (χ4n) is 8.12. The zero-order valence-corrected chi connectivity index (χ0v) is 23.5. The minimum Gasteiger partial charge on any atom is -0.744 e. The highest BCUT2D eigenvalue weighted by Crippen LogP contribution is 2.56. The lowest BCUT2D eigenvalue weighted by Crippen LogP contribution is -2.64. The minimum absolute atomic E-state index is 0.178. The number of nitrogens with one attached hydrogen (secondary N) is 1. The van der Waals surface area contributed by atoms with E-state index in [0.717, 1.165) is 23.3 Å². The number of aryl methyl sites for hydroxylation is 1. The highest BCUT2D eigenvalue weighted by Gasteiger charge is 2.56. The second-order valence-corrected chi connectivity index (χ2v) is 13.7. The number of nitrogens with zero attached hydrogens (tertiary/aromatic N) is 1. The van der Waals surface area contributed by atoms with Gasteiger partial charge in [-0.25, -0.2) is 8.42 Å². The number of H-pyrrole nitrogens is 1. The maximum Gasteiger partial charge on any atom is 0.169 e. The Kier molecular flexibility index (Phi) is 6.09. The molecule has 2 heterocycles. The van der Waals surface area contributed by atoms with Crippen molar-refractivity contribution < 1.29 is 17.5 Å². The quantitative estimate of drug-likeness (QED) is 0.192. The van der Waals surface area contributed by atoms with Crippen LogP contribution in [-0.4, -0.2) is 18.0 Å². The number of hydrogen-bond acceptors (Lipinski definition) is 3. The van der Waals surface area contributed by atoms with Gasteiger partial charge in [-0.2, -0.15) is 4.57 Å². The highest BCUT2D eigenvalue weighted by atomic mass is 32.2. The van der Waals surface area contributed by atoms with E-state index in [2.05, 4.69) is 76.5 Å². The molecule has 0 unspecified atom stereocenters. The van der Waals surface area contributed by atoms with Gasteiger partial charge in [-0.15, -0.1) is 0 Å². The molecule has 3 aromatic carbocycles. The van der Waals surface area contributed by atoms with Crippen LogP contribution >= 0.6 is 0 Å². The maximum atomic E-state index is 10.4. The van der Waals surface area contributed by atoms with Gasteiger partial charge in [-0.3, -0.25) is 0 Å². The standard InChI is InChI=1S/C27H26N2.C7H8O3S/c1-2-7-25-23(4-1)24-6-3-5-22(26(24)28-25)21-8-10-29(11-9-21)27-15-18-12-19(16-27)14-20(13-18)17-27;1-6-2-4-7(5-3-6)11(8,9)10/h1-11,18-20H,12-17H2;2-5H,1H3,(H,8,9,10). The molecule has 1 N–H and O–H groups in total. The Labute approximate surface area is 235 Å². The summed E-state index contributed by atoms with van der Waals surface area (Å²) in [7, 11) is -4.27. The molecule has 5 aromatic rings. The Bertz CT molecular complexity index is 1770. The highest BCUT2D eigenvalue weighted by molar-refractivity contribution is 7.85. The van der Waals surface area contributed by atoms with Crippen molar-refractivity contribution in [2.45, 2.75) is 55.9 Å². The first-order valence-corrected chi connectivity index (χ1v) is 15.7. The van der Waals surface area contributed by atoms with Gasteiger partial charge in [0.05, 0.1) is 10.4 Å². The number of para-hydroxylation sites is 2. The fourth-order valence-corrected chi connectivity index (χ4v) is 8.59. The van der Waals surface area contributed by atoms with Crippen LogP contribution in [-0.2, 0) is 15.7 Å². The summed E-state index contributed by atoms with van der Waals surface area (Å²) in [4.78, 5) is 3.48. The monoisotopic (exact) mass is 550 g/mol. The first kappa shape index (κ1) is 25.5. The third-order valence-electron chi connectivity index (χ3n) is 9.55. The van der Waals surface area contributed by atoms with Crippen LogP contribution in [0.5, 0.6) is 0 Å². The molecule has 0 saturated heterocycles. The number of hydrogen-bond donors (Lipinski definition) is 1.